The number of hydrogen-bond donors (Lipinski definition) is 2. The summed E-state index contributed by atoms with van der Waals surface area (Å²) in [5.74, 6) is -1.24. The number of amides is 2. The highest BCUT2D eigenvalue weighted by Gasteiger charge is 2.47. The average molecular weight is 316 g/mol. The molecule has 0 spiro atoms. The average Bonchev–Trinajstić information content (AvgIpc) is 3.18. The molecule has 0 aromatic heterocycles. The number of carbonyl (C=O) groups excluding carboxylic acids is 2. The third kappa shape index (κ3) is 2.98. The second-order valence-corrected chi connectivity index (χ2v) is 6.75. The SMILES string of the molecule is NC(=O)C1CCCN1C(=O)C(c1ccccc1)C1(O)CCCC1. The summed E-state index contributed by atoms with van der Waals surface area (Å²) < 4.78 is 0. The molecule has 1 aliphatic carbocycles. The zero-order valence-electron chi connectivity index (χ0n) is 13.3. The first kappa shape index (κ1) is 16.0. The minimum absolute atomic E-state index is 0.165. The van der Waals surface area contributed by atoms with E-state index in [0.29, 0.717) is 25.8 Å². The lowest BCUT2D eigenvalue weighted by molar-refractivity contribution is -0.144. The Labute approximate surface area is 136 Å². The standard InChI is InChI=1S/C18H24N2O3/c19-16(21)14-9-6-12-20(14)17(22)15(13-7-2-1-3-8-13)18(23)10-4-5-11-18/h1-3,7-8,14-15,23H,4-6,9-12H2,(H2,19,21). The Hall–Kier alpha value is -1.88. The Morgan fingerprint density at radius 2 is 1.83 bits per heavy atom. The van der Waals surface area contributed by atoms with Crippen molar-refractivity contribution in [2.24, 2.45) is 5.73 Å². The van der Waals surface area contributed by atoms with Gasteiger partial charge in [0.2, 0.25) is 11.8 Å². The van der Waals surface area contributed by atoms with Crippen LogP contribution < -0.4 is 5.73 Å². The lowest BCUT2D eigenvalue weighted by Crippen LogP contribution is -2.50. The summed E-state index contributed by atoms with van der Waals surface area (Å²) in [6.07, 6.45) is 4.47. The molecule has 5 heteroatoms. The fourth-order valence-corrected chi connectivity index (χ4v) is 4.10. The van der Waals surface area contributed by atoms with Crippen molar-refractivity contribution >= 4 is 11.8 Å². The normalized spacial score (nSPS) is 24.6. The maximum atomic E-state index is 13.2. The second kappa shape index (κ2) is 6.32. The molecule has 2 fully saturated rings. The summed E-state index contributed by atoms with van der Waals surface area (Å²) in [5, 5.41) is 11.1. The van der Waals surface area contributed by atoms with Crippen molar-refractivity contribution in [2.75, 3.05) is 6.54 Å². The van der Waals surface area contributed by atoms with E-state index in [1.807, 2.05) is 30.3 Å². The third-order valence-electron chi connectivity index (χ3n) is 5.25. The lowest BCUT2D eigenvalue weighted by Gasteiger charge is -2.36. The van der Waals surface area contributed by atoms with Gasteiger partial charge in [0.1, 0.15) is 6.04 Å². The van der Waals surface area contributed by atoms with Crippen molar-refractivity contribution in [3.63, 3.8) is 0 Å². The molecule has 2 aliphatic rings. The van der Waals surface area contributed by atoms with Crippen LogP contribution in [0.25, 0.3) is 0 Å². The summed E-state index contributed by atoms with van der Waals surface area (Å²) in [7, 11) is 0. The van der Waals surface area contributed by atoms with Crippen molar-refractivity contribution < 1.29 is 14.7 Å². The van der Waals surface area contributed by atoms with Gasteiger partial charge in [0.25, 0.3) is 0 Å². The van der Waals surface area contributed by atoms with E-state index in [4.69, 9.17) is 5.73 Å². The van der Waals surface area contributed by atoms with Crippen LogP contribution in [0.15, 0.2) is 30.3 Å². The Morgan fingerprint density at radius 3 is 2.43 bits per heavy atom. The van der Waals surface area contributed by atoms with Gasteiger partial charge in [-0.1, -0.05) is 43.2 Å². The smallest absolute Gasteiger partial charge is 0.240 e. The molecule has 124 valence electrons. The minimum Gasteiger partial charge on any atom is -0.389 e. The van der Waals surface area contributed by atoms with Gasteiger partial charge in [-0.15, -0.1) is 0 Å². The number of nitrogens with zero attached hydrogens (tertiary/aromatic N) is 1. The van der Waals surface area contributed by atoms with Crippen LogP contribution in [0, 0.1) is 0 Å². The maximum Gasteiger partial charge on any atom is 0.240 e. The molecule has 2 atom stereocenters. The first-order valence-corrected chi connectivity index (χ1v) is 8.40. The lowest BCUT2D eigenvalue weighted by atomic mass is 9.79. The van der Waals surface area contributed by atoms with Crippen molar-refractivity contribution in [3.8, 4) is 0 Å². The Balaban J connectivity index is 1.95. The first-order valence-electron chi connectivity index (χ1n) is 8.40. The molecule has 1 saturated carbocycles. The summed E-state index contributed by atoms with van der Waals surface area (Å²) in [6.45, 7) is 0.534. The first-order chi connectivity index (χ1) is 11.0. The summed E-state index contributed by atoms with van der Waals surface area (Å²) >= 11 is 0. The highest BCUT2D eigenvalue weighted by atomic mass is 16.3. The topological polar surface area (TPSA) is 83.6 Å². The van der Waals surface area contributed by atoms with Crippen molar-refractivity contribution in [2.45, 2.75) is 56.1 Å². The van der Waals surface area contributed by atoms with Crippen LogP contribution >= 0.6 is 0 Å². The van der Waals surface area contributed by atoms with Crippen LogP contribution in [0.4, 0.5) is 0 Å². The van der Waals surface area contributed by atoms with Crippen molar-refractivity contribution in [1.29, 1.82) is 0 Å². The molecular weight excluding hydrogens is 292 g/mol. The van der Waals surface area contributed by atoms with Crippen LogP contribution in [0.5, 0.6) is 0 Å². The second-order valence-electron chi connectivity index (χ2n) is 6.75. The predicted molar refractivity (Wildman–Crippen MR) is 86.5 cm³/mol. The van der Waals surface area contributed by atoms with Crippen LogP contribution in [-0.4, -0.2) is 40.0 Å². The predicted octanol–water partition coefficient (Wildman–Crippen LogP) is 1.55. The summed E-state index contributed by atoms with van der Waals surface area (Å²) in [5.41, 5.74) is 5.25. The van der Waals surface area contributed by atoms with Crippen LogP contribution in [0.3, 0.4) is 0 Å². The molecule has 3 N–H and O–H groups in total. The molecule has 1 saturated heterocycles. The Morgan fingerprint density at radius 1 is 1.17 bits per heavy atom. The van der Waals surface area contributed by atoms with E-state index < -0.39 is 23.5 Å². The van der Waals surface area contributed by atoms with Crippen LogP contribution in [0.1, 0.15) is 50.0 Å². The number of primary amides is 1. The number of hydrogen-bond acceptors (Lipinski definition) is 3. The monoisotopic (exact) mass is 316 g/mol. The number of rotatable bonds is 4. The van der Waals surface area contributed by atoms with Gasteiger partial charge in [0, 0.05) is 6.54 Å². The number of benzene rings is 1. The minimum atomic E-state index is -1.02. The molecule has 0 radical (unpaired) electrons. The molecular formula is C18H24N2O3. The molecule has 1 aromatic carbocycles. The largest absolute Gasteiger partial charge is 0.389 e. The molecule has 1 aromatic rings. The van der Waals surface area contributed by atoms with E-state index in [9.17, 15) is 14.7 Å². The van der Waals surface area contributed by atoms with Crippen LogP contribution in [0.2, 0.25) is 0 Å². The zero-order valence-corrected chi connectivity index (χ0v) is 13.3. The molecule has 3 rings (SSSR count). The van der Waals surface area contributed by atoms with E-state index >= 15 is 0 Å². The molecule has 5 nitrogen and oxygen atoms in total. The highest BCUT2D eigenvalue weighted by molar-refractivity contribution is 5.91. The van der Waals surface area contributed by atoms with Gasteiger partial charge in [-0.05, 0) is 31.2 Å². The fraction of sp³-hybridized carbons (Fsp3) is 0.556. The van der Waals surface area contributed by atoms with Crippen molar-refractivity contribution in [1.82, 2.24) is 4.90 Å². The number of likely N-dealkylation sites (tertiary alicyclic amines) is 1. The molecule has 1 aliphatic heterocycles. The van der Waals surface area contributed by atoms with E-state index in [1.165, 1.54) is 0 Å². The third-order valence-corrected chi connectivity index (χ3v) is 5.25. The zero-order chi connectivity index (χ0) is 16.4. The quantitative estimate of drug-likeness (QED) is 0.884. The number of nitrogens with two attached hydrogens (primary N) is 1. The summed E-state index contributed by atoms with van der Waals surface area (Å²) in [6, 6.07) is 8.87. The summed E-state index contributed by atoms with van der Waals surface area (Å²) in [4.78, 5) is 26.4. The molecule has 1 heterocycles. The van der Waals surface area contributed by atoms with Gasteiger partial charge >= 0.3 is 0 Å². The van der Waals surface area contributed by atoms with Gasteiger partial charge < -0.3 is 15.7 Å². The van der Waals surface area contributed by atoms with Gasteiger partial charge in [-0.3, -0.25) is 9.59 Å². The molecule has 23 heavy (non-hydrogen) atoms. The fourth-order valence-electron chi connectivity index (χ4n) is 4.10. The van der Waals surface area contributed by atoms with Gasteiger partial charge in [0.15, 0.2) is 0 Å². The van der Waals surface area contributed by atoms with Crippen molar-refractivity contribution in [3.05, 3.63) is 35.9 Å². The highest BCUT2D eigenvalue weighted by Crippen LogP contribution is 2.43. The molecule has 2 amide bonds. The molecule has 0 bridgehead atoms. The Kier molecular flexibility index (Phi) is 4.39. The maximum absolute atomic E-state index is 13.2. The Bertz CT molecular complexity index is 581. The van der Waals surface area contributed by atoms with E-state index in [-0.39, 0.29) is 5.91 Å². The van der Waals surface area contributed by atoms with Gasteiger partial charge in [0.05, 0.1) is 11.5 Å². The number of aliphatic hydroxyl groups is 1. The van der Waals surface area contributed by atoms with Gasteiger partial charge in [-0.2, -0.15) is 0 Å². The van der Waals surface area contributed by atoms with E-state index in [1.54, 1.807) is 4.90 Å². The van der Waals surface area contributed by atoms with Crippen LogP contribution in [-0.2, 0) is 9.59 Å². The van der Waals surface area contributed by atoms with E-state index in [2.05, 4.69) is 0 Å². The van der Waals surface area contributed by atoms with E-state index in [0.717, 1.165) is 24.8 Å². The molecule has 2 unspecified atom stereocenters. The van der Waals surface area contributed by atoms with Gasteiger partial charge in [-0.25, -0.2) is 0 Å². The number of carbonyl (C=O) groups is 2.